The van der Waals surface area contributed by atoms with E-state index in [4.69, 9.17) is 11.6 Å². The fourth-order valence-corrected chi connectivity index (χ4v) is 3.05. The van der Waals surface area contributed by atoms with E-state index in [2.05, 4.69) is 0 Å². The quantitative estimate of drug-likeness (QED) is 0.668. The summed E-state index contributed by atoms with van der Waals surface area (Å²) in [6, 6.07) is 4.84. The lowest BCUT2D eigenvalue weighted by Gasteiger charge is -2.35. The Balaban J connectivity index is 2.36. The average molecular weight is 299 g/mol. The van der Waals surface area contributed by atoms with Crippen LogP contribution in [0, 0.1) is 10.1 Å². The predicted octanol–water partition coefficient (Wildman–Crippen LogP) is 3.38. The molecule has 1 aromatic carbocycles. The summed E-state index contributed by atoms with van der Waals surface area (Å²) in [5, 5.41) is 21.0. The lowest BCUT2D eigenvalue weighted by molar-refractivity contribution is -0.384. The first-order valence-electron chi connectivity index (χ1n) is 6.95. The van der Waals surface area contributed by atoms with E-state index >= 15 is 0 Å². The first-order valence-corrected chi connectivity index (χ1v) is 7.32. The molecule has 0 amide bonds. The van der Waals surface area contributed by atoms with Crippen LogP contribution in [0.25, 0.3) is 0 Å². The highest BCUT2D eigenvalue weighted by atomic mass is 35.5. The van der Waals surface area contributed by atoms with Crippen molar-refractivity contribution in [1.29, 1.82) is 0 Å². The molecular weight excluding hydrogens is 280 g/mol. The molecule has 1 aromatic rings. The molecule has 0 saturated heterocycles. The zero-order chi connectivity index (χ0) is 14.5. The molecule has 1 aliphatic rings. The molecule has 0 radical (unpaired) electrons. The number of rotatable bonds is 5. The van der Waals surface area contributed by atoms with Crippen molar-refractivity contribution in [2.75, 3.05) is 18.1 Å². The Bertz CT molecular complexity index is 475. The van der Waals surface area contributed by atoms with E-state index in [1.807, 2.05) is 4.90 Å². The van der Waals surface area contributed by atoms with Crippen molar-refractivity contribution in [3.8, 4) is 0 Å². The molecule has 0 aliphatic heterocycles. The molecule has 0 heterocycles. The van der Waals surface area contributed by atoms with Crippen molar-refractivity contribution in [3.63, 3.8) is 0 Å². The predicted molar refractivity (Wildman–Crippen MR) is 79.4 cm³/mol. The van der Waals surface area contributed by atoms with Gasteiger partial charge in [-0.05, 0) is 25.0 Å². The first kappa shape index (κ1) is 15.1. The Labute approximate surface area is 123 Å². The van der Waals surface area contributed by atoms with Gasteiger partial charge in [0.15, 0.2) is 0 Å². The van der Waals surface area contributed by atoms with Crippen LogP contribution < -0.4 is 4.90 Å². The molecule has 6 heteroatoms. The zero-order valence-corrected chi connectivity index (χ0v) is 12.1. The van der Waals surface area contributed by atoms with Gasteiger partial charge in [0.05, 0.1) is 11.5 Å². The van der Waals surface area contributed by atoms with Crippen molar-refractivity contribution in [1.82, 2.24) is 0 Å². The lowest BCUT2D eigenvalue weighted by Crippen LogP contribution is -2.39. The third-order valence-corrected chi connectivity index (χ3v) is 4.04. The van der Waals surface area contributed by atoms with Gasteiger partial charge in [-0.3, -0.25) is 10.1 Å². The summed E-state index contributed by atoms with van der Waals surface area (Å²) in [6.07, 6.45) is 5.47. The van der Waals surface area contributed by atoms with Crippen LogP contribution in [0.2, 0.25) is 5.02 Å². The van der Waals surface area contributed by atoms with Crippen LogP contribution in [-0.4, -0.2) is 29.2 Å². The largest absolute Gasteiger partial charge is 0.395 e. The molecule has 1 aliphatic carbocycles. The number of nitro benzene ring substituents is 1. The van der Waals surface area contributed by atoms with E-state index in [1.165, 1.54) is 18.6 Å². The molecule has 1 saturated carbocycles. The molecule has 1 N–H and O–H groups in total. The van der Waals surface area contributed by atoms with Gasteiger partial charge in [-0.2, -0.15) is 0 Å². The second-order valence-corrected chi connectivity index (χ2v) is 5.54. The normalized spacial score (nSPS) is 16.1. The number of nitro groups is 1. The van der Waals surface area contributed by atoms with Gasteiger partial charge in [-0.1, -0.05) is 30.9 Å². The van der Waals surface area contributed by atoms with Gasteiger partial charge in [0.25, 0.3) is 5.69 Å². The minimum Gasteiger partial charge on any atom is -0.395 e. The number of anilines is 1. The number of benzene rings is 1. The van der Waals surface area contributed by atoms with E-state index in [-0.39, 0.29) is 18.3 Å². The number of aliphatic hydroxyl groups is 1. The maximum Gasteiger partial charge on any atom is 0.292 e. The van der Waals surface area contributed by atoms with Crippen LogP contribution in [0.4, 0.5) is 11.4 Å². The van der Waals surface area contributed by atoms with Crippen LogP contribution in [0.3, 0.4) is 0 Å². The fourth-order valence-electron chi connectivity index (χ4n) is 2.88. The third-order valence-electron chi connectivity index (χ3n) is 3.80. The number of nitrogens with zero attached hydrogens (tertiary/aromatic N) is 2. The van der Waals surface area contributed by atoms with E-state index < -0.39 is 4.92 Å². The molecule has 0 aromatic heterocycles. The topological polar surface area (TPSA) is 66.6 Å². The van der Waals surface area contributed by atoms with Crippen molar-refractivity contribution < 1.29 is 10.0 Å². The number of aliphatic hydroxyl groups excluding tert-OH is 1. The second kappa shape index (κ2) is 6.90. The van der Waals surface area contributed by atoms with Crippen LogP contribution in [0.15, 0.2) is 18.2 Å². The maximum absolute atomic E-state index is 11.2. The number of hydrogen-bond donors (Lipinski definition) is 1. The Hall–Kier alpha value is -1.33. The second-order valence-electron chi connectivity index (χ2n) is 5.10. The summed E-state index contributed by atoms with van der Waals surface area (Å²) in [5.41, 5.74) is 0.567. The summed E-state index contributed by atoms with van der Waals surface area (Å²) in [5.74, 6) is 0. The minimum absolute atomic E-state index is 0.0276. The van der Waals surface area contributed by atoms with E-state index in [9.17, 15) is 15.2 Å². The molecule has 0 atom stereocenters. The highest BCUT2D eigenvalue weighted by Gasteiger charge is 2.26. The number of hydrogen-bond acceptors (Lipinski definition) is 4. The highest BCUT2D eigenvalue weighted by Crippen LogP contribution is 2.35. The maximum atomic E-state index is 11.2. The molecule has 0 bridgehead atoms. The molecule has 2 rings (SSSR count). The number of halogens is 1. The van der Waals surface area contributed by atoms with Crippen molar-refractivity contribution in [2.24, 2.45) is 0 Å². The molecule has 0 spiro atoms. The first-order chi connectivity index (χ1) is 9.63. The smallest absolute Gasteiger partial charge is 0.292 e. The van der Waals surface area contributed by atoms with Gasteiger partial charge in [-0.25, -0.2) is 0 Å². The summed E-state index contributed by atoms with van der Waals surface area (Å²) in [7, 11) is 0. The average Bonchev–Trinajstić information content (AvgIpc) is 2.45. The third kappa shape index (κ3) is 3.41. The minimum atomic E-state index is -0.390. The Kier molecular flexibility index (Phi) is 5.20. The van der Waals surface area contributed by atoms with Gasteiger partial charge < -0.3 is 10.0 Å². The molecule has 0 unspecified atom stereocenters. The fraction of sp³-hybridized carbons (Fsp3) is 0.571. The Morgan fingerprint density at radius 3 is 2.65 bits per heavy atom. The van der Waals surface area contributed by atoms with Gasteiger partial charge in [0.1, 0.15) is 5.69 Å². The molecule has 110 valence electrons. The molecule has 1 fully saturated rings. The highest BCUT2D eigenvalue weighted by molar-refractivity contribution is 6.31. The summed E-state index contributed by atoms with van der Waals surface area (Å²) in [6.45, 7) is 0.367. The van der Waals surface area contributed by atoms with Gasteiger partial charge in [0.2, 0.25) is 0 Å². The van der Waals surface area contributed by atoms with Crippen molar-refractivity contribution in [2.45, 2.75) is 38.1 Å². The van der Waals surface area contributed by atoms with Crippen molar-refractivity contribution >= 4 is 23.0 Å². The SMILES string of the molecule is O=[N+]([O-])c1ccc(Cl)cc1N(CCO)C1CCCCC1. The standard InChI is InChI=1S/C14H19ClN2O3/c15-11-6-7-13(17(19)20)14(10-11)16(8-9-18)12-4-2-1-3-5-12/h6-7,10,12,18H,1-5,8-9H2. The molecular formula is C14H19ClN2O3. The van der Waals surface area contributed by atoms with Crippen LogP contribution in [0.1, 0.15) is 32.1 Å². The summed E-state index contributed by atoms with van der Waals surface area (Å²) >= 11 is 5.99. The lowest BCUT2D eigenvalue weighted by atomic mass is 9.93. The summed E-state index contributed by atoms with van der Waals surface area (Å²) in [4.78, 5) is 12.8. The van der Waals surface area contributed by atoms with Crippen molar-refractivity contribution in [3.05, 3.63) is 33.3 Å². The van der Waals surface area contributed by atoms with E-state index in [1.54, 1.807) is 6.07 Å². The van der Waals surface area contributed by atoms with E-state index in [0.29, 0.717) is 17.3 Å². The van der Waals surface area contributed by atoms with Crippen LogP contribution in [-0.2, 0) is 0 Å². The Morgan fingerprint density at radius 1 is 1.35 bits per heavy atom. The van der Waals surface area contributed by atoms with Gasteiger partial charge in [0, 0.05) is 23.7 Å². The van der Waals surface area contributed by atoms with E-state index in [0.717, 1.165) is 25.7 Å². The van der Waals surface area contributed by atoms with Gasteiger partial charge in [-0.15, -0.1) is 0 Å². The molecule has 5 nitrogen and oxygen atoms in total. The van der Waals surface area contributed by atoms with Gasteiger partial charge >= 0.3 is 0 Å². The Morgan fingerprint density at radius 2 is 2.05 bits per heavy atom. The van der Waals surface area contributed by atoms with Crippen LogP contribution in [0.5, 0.6) is 0 Å². The molecule has 20 heavy (non-hydrogen) atoms. The monoisotopic (exact) mass is 298 g/mol. The zero-order valence-electron chi connectivity index (χ0n) is 11.3. The summed E-state index contributed by atoms with van der Waals surface area (Å²) < 4.78 is 0. The van der Waals surface area contributed by atoms with Crippen LogP contribution >= 0.6 is 11.6 Å².